The summed E-state index contributed by atoms with van der Waals surface area (Å²) in [7, 11) is 0. The number of primary amides is 1. The average molecular weight is 232 g/mol. The van der Waals surface area contributed by atoms with Crippen LogP contribution in [0.1, 0.15) is 36.0 Å². The van der Waals surface area contributed by atoms with Gasteiger partial charge in [0.15, 0.2) is 5.78 Å². The van der Waals surface area contributed by atoms with E-state index in [-0.39, 0.29) is 11.7 Å². The first kappa shape index (κ1) is 11.6. The summed E-state index contributed by atoms with van der Waals surface area (Å²) in [6.07, 6.45) is 4.12. The van der Waals surface area contributed by atoms with Crippen molar-refractivity contribution in [2.45, 2.75) is 25.7 Å². The van der Waals surface area contributed by atoms with Gasteiger partial charge in [0.05, 0.1) is 5.69 Å². The van der Waals surface area contributed by atoms with E-state index in [1.165, 1.54) is 0 Å². The van der Waals surface area contributed by atoms with Crippen molar-refractivity contribution in [3.63, 3.8) is 0 Å². The number of nitrogens with one attached hydrogen (secondary N) is 1. The maximum atomic E-state index is 12.3. The van der Waals surface area contributed by atoms with Crippen LogP contribution in [0.5, 0.6) is 0 Å². The minimum absolute atomic E-state index is 0.103. The molecule has 0 aliphatic heterocycles. The zero-order valence-electron chi connectivity index (χ0n) is 9.61. The maximum Gasteiger partial charge on any atom is 0.316 e. The number of amides is 2. The van der Waals surface area contributed by atoms with Crippen molar-refractivity contribution in [1.29, 1.82) is 0 Å². The Morgan fingerprint density at radius 1 is 1.18 bits per heavy atom. The molecule has 0 aromatic heterocycles. The minimum Gasteiger partial charge on any atom is -0.351 e. The van der Waals surface area contributed by atoms with Crippen LogP contribution < -0.4 is 11.1 Å². The number of carbonyl (C=O) groups is 2. The quantitative estimate of drug-likeness (QED) is 0.786. The highest BCUT2D eigenvalue weighted by atomic mass is 16.2. The first-order valence-corrected chi connectivity index (χ1v) is 5.88. The summed E-state index contributed by atoms with van der Waals surface area (Å²) in [5, 5.41) is 2.50. The third kappa shape index (κ3) is 2.64. The van der Waals surface area contributed by atoms with Gasteiger partial charge >= 0.3 is 6.03 Å². The molecule has 0 spiro atoms. The molecule has 3 N–H and O–H groups in total. The molecule has 1 aromatic rings. The Kier molecular flexibility index (Phi) is 3.42. The van der Waals surface area contributed by atoms with E-state index in [1.54, 1.807) is 24.3 Å². The van der Waals surface area contributed by atoms with Crippen LogP contribution in [0.15, 0.2) is 24.3 Å². The number of hydrogen-bond acceptors (Lipinski definition) is 2. The number of benzene rings is 1. The van der Waals surface area contributed by atoms with E-state index in [0.29, 0.717) is 11.3 Å². The van der Waals surface area contributed by atoms with Crippen molar-refractivity contribution in [2.24, 2.45) is 11.7 Å². The number of anilines is 1. The Morgan fingerprint density at radius 2 is 1.82 bits per heavy atom. The lowest BCUT2D eigenvalue weighted by Gasteiger charge is -2.12. The normalized spacial score (nSPS) is 15.8. The maximum absolute atomic E-state index is 12.3. The highest BCUT2D eigenvalue weighted by Gasteiger charge is 2.25. The highest BCUT2D eigenvalue weighted by molar-refractivity contribution is 6.05. The van der Waals surface area contributed by atoms with E-state index in [0.717, 1.165) is 25.7 Å². The Bertz CT molecular complexity index is 437. The molecule has 2 rings (SSSR count). The molecule has 1 fully saturated rings. The summed E-state index contributed by atoms with van der Waals surface area (Å²) >= 11 is 0. The number of rotatable bonds is 3. The monoisotopic (exact) mass is 232 g/mol. The Hall–Kier alpha value is -1.84. The molecule has 4 nitrogen and oxygen atoms in total. The number of urea groups is 1. The van der Waals surface area contributed by atoms with Gasteiger partial charge in [-0.3, -0.25) is 4.79 Å². The van der Waals surface area contributed by atoms with Gasteiger partial charge < -0.3 is 11.1 Å². The van der Waals surface area contributed by atoms with E-state index >= 15 is 0 Å². The van der Waals surface area contributed by atoms with Crippen LogP contribution in [0.2, 0.25) is 0 Å². The Morgan fingerprint density at radius 3 is 2.47 bits per heavy atom. The number of carbonyl (C=O) groups excluding carboxylic acids is 2. The van der Waals surface area contributed by atoms with Gasteiger partial charge in [-0.25, -0.2) is 4.79 Å². The molecule has 0 atom stereocenters. The second-order valence-corrected chi connectivity index (χ2v) is 4.38. The van der Waals surface area contributed by atoms with Crippen molar-refractivity contribution < 1.29 is 9.59 Å². The van der Waals surface area contributed by atoms with Gasteiger partial charge in [-0.1, -0.05) is 25.0 Å². The Labute approximate surface area is 100 Å². The summed E-state index contributed by atoms with van der Waals surface area (Å²) in [5.74, 6) is 0.220. The molecule has 1 saturated carbocycles. The van der Waals surface area contributed by atoms with E-state index < -0.39 is 6.03 Å². The molecule has 4 heteroatoms. The van der Waals surface area contributed by atoms with Gasteiger partial charge in [0.1, 0.15) is 0 Å². The third-order valence-electron chi connectivity index (χ3n) is 3.18. The van der Waals surface area contributed by atoms with E-state index in [9.17, 15) is 9.59 Å². The lowest BCUT2D eigenvalue weighted by molar-refractivity contribution is 0.0924. The molecular weight excluding hydrogens is 216 g/mol. The van der Waals surface area contributed by atoms with Crippen LogP contribution >= 0.6 is 0 Å². The number of Topliss-reactive ketones (excluding diaryl/α,β-unsaturated/α-hetero) is 1. The van der Waals surface area contributed by atoms with Crippen molar-refractivity contribution in [3.8, 4) is 0 Å². The molecule has 2 amide bonds. The smallest absolute Gasteiger partial charge is 0.316 e. The summed E-state index contributed by atoms with van der Waals surface area (Å²) in [4.78, 5) is 23.1. The fourth-order valence-electron chi connectivity index (χ4n) is 2.35. The first-order chi connectivity index (χ1) is 8.18. The zero-order valence-corrected chi connectivity index (χ0v) is 9.61. The second kappa shape index (κ2) is 4.99. The van der Waals surface area contributed by atoms with Crippen molar-refractivity contribution >= 4 is 17.5 Å². The van der Waals surface area contributed by atoms with Crippen molar-refractivity contribution in [3.05, 3.63) is 29.8 Å². The first-order valence-electron chi connectivity index (χ1n) is 5.88. The summed E-state index contributed by atoms with van der Waals surface area (Å²) in [6, 6.07) is 6.38. The van der Waals surface area contributed by atoms with Gasteiger partial charge in [0, 0.05) is 11.5 Å². The van der Waals surface area contributed by atoms with Crippen molar-refractivity contribution in [2.75, 3.05) is 5.32 Å². The zero-order chi connectivity index (χ0) is 12.3. The van der Waals surface area contributed by atoms with Crippen LogP contribution in [0.3, 0.4) is 0 Å². The number of hydrogen-bond donors (Lipinski definition) is 2. The van der Waals surface area contributed by atoms with Crippen molar-refractivity contribution in [1.82, 2.24) is 0 Å². The Balaban J connectivity index is 2.24. The fourth-order valence-corrected chi connectivity index (χ4v) is 2.35. The molecule has 1 aromatic carbocycles. The fraction of sp³-hybridized carbons (Fsp3) is 0.385. The lowest BCUT2D eigenvalue weighted by Crippen LogP contribution is -2.22. The van der Waals surface area contributed by atoms with Gasteiger partial charge in [-0.05, 0) is 25.0 Å². The summed E-state index contributed by atoms with van der Waals surface area (Å²) < 4.78 is 0. The van der Waals surface area contributed by atoms with E-state index in [4.69, 9.17) is 5.73 Å². The summed E-state index contributed by atoms with van der Waals surface area (Å²) in [5.41, 5.74) is 6.16. The molecule has 0 bridgehead atoms. The molecule has 90 valence electrons. The van der Waals surface area contributed by atoms with Crippen LogP contribution in [0, 0.1) is 5.92 Å². The third-order valence-corrected chi connectivity index (χ3v) is 3.18. The predicted octanol–water partition coefficient (Wildman–Crippen LogP) is 2.55. The molecule has 0 saturated heterocycles. The molecule has 0 radical (unpaired) electrons. The van der Waals surface area contributed by atoms with Crippen LogP contribution in [-0.4, -0.2) is 11.8 Å². The average Bonchev–Trinajstić information content (AvgIpc) is 2.81. The molecule has 1 aliphatic carbocycles. The lowest BCUT2D eigenvalue weighted by atomic mass is 9.95. The minimum atomic E-state index is -0.642. The molecular formula is C13H16N2O2. The number of ketones is 1. The van der Waals surface area contributed by atoms with E-state index in [2.05, 4.69) is 5.32 Å². The van der Waals surface area contributed by atoms with E-state index in [1.807, 2.05) is 0 Å². The van der Waals surface area contributed by atoms with Crippen LogP contribution in [0.4, 0.5) is 10.5 Å². The van der Waals surface area contributed by atoms with Gasteiger partial charge in [0.2, 0.25) is 0 Å². The SMILES string of the molecule is NC(=O)Nc1ccccc1C(=O)C1CCCC1. The van der Waals surface area contributed by atoms with Gasteiger partial charge in [-0.2, -0.15) is 0 Å². The topological polar surface area (TPSA) is 72.2 Å². The summed E-state index contributed by atoms with van der Waals surface area (Å²) in [6.45, 7) is 0. The number of nitrogens with two attached hydrogens (primary N) is 1. The van der Waals surface area contributed by atoms with Gasteiger partial charge in [-0.15, -0.1) is 0 Å². The standard InChI is InChI=1S/C13H16N2O2/c14-13(17)15-11-8-4-3-7-10(11)12(16)9-5-1-2-6-9/h3-4,7-9H,1-2,5-6H2,(H3,14,15,17). The highest BCUT2D eigenvalue weighted by Crippen LogP contribution is 2.30. The largest absolute Gasteiger partial charge is 0.351 e. The molecule has 0 heterocycles. The van der Waals surface area contributed by atoms with Crippen LogP contribution in [-0.2, 0) is 0 Å². The molecule has 1 aliphatic rings. The van der Waals surface area contributed by atoms with Crippen LogP contribution in [0.25, 0.3) is 0 Å². The second-order valence-electron chi connectivity index (χ2n) is 4.38. The number of para-hydroxylation sites is 1. The molecule has 17 heavy (non-hydrogen) atoms. The predicted molar refractivity (Wildman–Crippen MR) is 65.9 cm³/mol. The molecule has 0 unspecified atom stereocenters. The van der Waals surface area contributed by atoms with Gasteiger partial charge in [0.25, 0.3) is 0 Å².